The number of rotatable bonds is 8. The Morgan fingerprint density at radius 1 is 1.29 bits per heavy atom. The molecule has 97 valence electrons. The predicted octanol–water partition coefficient (Wildman–Crippen LogP) is -0.368. The number of urea groups is 1. The number of carbonyl (C=O) groups excluding carboxylic acids is 3. The van der Waals surface area contributed by atoms with Gasteiger partial charge in [-0.1, -0.05) is 0 Å². The van der Waals surface area contributed by atoms with Crippen molar-refractivity contribution in [2.24, 2.45) is 0 Å². The Labute approximate surface area is 100 Å². The lowest BCUT2D eigenvalue weighted by Gasteiger charge is -2.11. The van der Waals surface area contributed by atoms with Crippen molar-refractivity contribution in [2.75, 3.05) is 13.1 Å². The molecule has 17 heavy (non-hydrogen) atoms. The van der Waals surface area contributed by atoms with Gasteiger partial charge in [-0.05, 0) is 20.3 Å². The van der Waals surface area contributed by atoms with Crippen LogP contribution in [0.25, 0.3) is 0 Å². The highest BCUT2D eigenvalue weighted by Gasteiger charge is 2.14. The second-order valence-corrected chi connectivity index (χ2v) is 3.18. The molecule has 0 heterocycles. The first kappa shape index (κ1) is 15.4. The summed E-state index contributed by atoms with van der Waals surface area (Å²) in [4.78, 5) is 37.3. The second kappa shape index (κ2) is 9.59. The summed E-state index contributed by atoms with van der Waals surface area (Å²) in [7, 11) is 0. The summed E-state index contributed by atoms with van der Waals surface area (Å²) in [6.07, 6.45) is 1.84. The van der Waals surface area contributed by atoms with Crippen molar-refractivity contribution < 1.29 is 19.2 Å². The lowest BCUT2D eigenvalue weighted by atomic mass is 10.2. The third kappa shape index (κ3) is 8.21. The minimum Gasteiger partial charge on any atom is -0.371 e. The summed E-state index contributed by atoms with van der Waals surface area (Å²) in [6.45, 7) is 4.50. The van der Waals surface area contributed by atoms with Crippen molar-refractivity contribution in [1.29, 1.82) is 0 Å². The fraction of sp³-hybridized carbons (Fsp3) is 0.700. The minimum atomic E-state index is -0.810. The Morgan fingerprint density at radius 3 is 2.53 bits per heavy atom. The van der Waals surface area contributed by atoms with Crippen LogP contribution in [0.5, 0.6) is 0 Å². The zero-order valence-electron chi connectivity index (χ0n) is 10.0. The standard InChI is InChI=1S/C10H18N3O4/c1-3-11-10(16)13-8(7-14)5-6-9(15)17-12-4-2/h8,12H,3-6H2,1-2H3,(H2,11,13,16)/t8-/m0/s1. The molecule has 7 nitrogen and oxygen atoms in total. The Hall–Kier alpha value is -1.63. The van der Waals surface area contributed by atoms with E-state index in [1.54, 1.807) is 20.1 Å². The highest BCUT2D eigenvalue weighted by Crippen LogP contribution is 1.96. The van der Waals surface area contributed by atoms with Gasteiger partial charge in [-0.25, -0.2) is 4.79 Å². The largest absolute Gasteiger partial charge is 0.371 e. The lowest BCUT2D eigenvalue weighted by Crippen LogP contribution is -2.43. The van der Waals surface area contributed by atoms with Gasteiger partial charge < -0.3 is 15.5 Å². The third-order valence-corrected chi connectivity index (χ3v) is 1.75. The normalized spacial score (nSPS) is 11.4. The van der Waals surface area contributed by atoms with Crippen LogP contribution in [0.15, 0.2) is 0 Å². The summed E-state index contributed by atoms with van der Waals surface area (Å²) in [5.41, 5.74) is 2.40. The summed E-state index contributed by atoms with van der Waals surface area (Å²) in [6, 6.07) is -1.27. The van der Waals surface area contributed by atoms with E-state index in [2.05, 4.69) is 21.0 Å². The molecular formula is C10H18N3O4. The maximum atomic E-state index is 11.1. The molecule has 0 spiro atoms. The number of hydrogen-bond acceptors (Lipinski definition) is 5. The van der Waals surface area contributed by atoms with Gasteiger partial charge in [0, 0.05) is 19.5 Å². The molecule has 0 fully saturated rings. The first-order valence-corrected chi connectivity index (χ1v) is 5.48. The van der Waals surface area contributed by atoms with Crippen molar-refractivity contribution in [3.8, 4) is 0 Å². The van der Waals surface area contributed by atoms with E-state index in [1.165, 1.54) is 0 Å². The zero-order valence-corrected chi connectivity index (χ0v) is 10.0. The van der Waals surface area contributed by atoms with Crippen molar-refractivity contribution in [2.45, 2.75) is 32.7 Å². The number of hydrogen-bond donors (Lipinski definition) is 3. The number of amides is 2. The quantitative estimate of drug-likeness (QED) is 0.506. The van der Waals surface area contributed by atoms with E-state index in [9.17, 15) is 14.4 Å². The van der Waals surface area contributed by atoms with Gasteiger partial charge in [0.15, 0.2) is 0 Å². The van der Waals surface area contributed by atoms with Crippen LogP contribution in [-0.4, -0.2) is 37.4 Å². The molecule has 0 rings (SSSR count). The molecule has 0 aromatic heterocycles. The first-order chi connectivity index (χ1) is 8.13. The Morgan fingerprint density at radius 2 is 2.00 bits per heavy atom. The first-order valence-electron chi connectivity index (χ1n) is 5.48. The van der Waals surface area contributed by atoms with Gasteiger partial charge in [0.2, 0.25) is 6.29 Å². The average Bonchev–Trinajstić information content (AvgIpc) is 2.32. The molecule has 0 aliphatic heterocycles. The predicted molar refractivity (Wildman–Crippen MR) is 60.7 cm³/mol. The van der Waals surface area contributed by atoms with Crippen molar-refractivity contribution in [3.63, 3.8) is 0 Å². The van der Waals surface area contributed by atoms with Gasteiger partial charge in [0.05, 0.1) is 6.04 Å². The summed E-state index contributed by atoms with van der Waals surface area (Å²) in [5, 5.41) is 4.85. The van der Waals surface area contributed by atoms with Gasteiger partial charge in [-0.15, -0.1) is 0 Å². The third-order valence-electron chi connectivity index (χ3n) is 1.75. The molecule has 7 heteroatoms. The highest BCUT2D eigenvalue weighted by molar-refractivity contribution is 5.78. The van der Waals surface area contributed by atoms with Gasteiger partial charge >= 0.3 is 12.0 Å². The van der Waals surface area contributed by atoms with E-state index < -0.39 is 18.0 Å². The Kier molecular flexibility index (Phi) is 8.67. The Balaban J connectivity index is 3.85. The van der Waals surface area contributed by atoms with Crippen LogP contribution in [0.4, 0.5) is 4.79 Å². The molecule has 1 atom stereocenters. The van der Waals surface area contributed by atoms with Crippen LogP contribution in [0.2, 0.25) is 0 Å². The fourth-order valence-electron chi connectivity index (χ4n) is 0.996. The summed E-state index contributed by atoms with van der Waals surface area (Å²) >= 11 is 0. The molecule has 0 aromatic carbocycles. The van der Waals surface area contributed by atoms with Gasteiger partial charge in [0.25, 0.3) is 0 Å². The van der Waals surface area contributed by atoms with Crippen LogP contribution in [-0.2, 0) is 14.4 Å². The molecule has 0 unspecified atom stereocenters. The zero-order chi connectivity index (χ0) is 13.1. The second-order valence-electron chi connectivity index (χ2n) is 3.18. The highest BCUT2D eigenvalue weighted by atomic mass is 16.7. The van der Waals surface area contributed by atoms with E-state index in [0.717, 1.165) is 0 Å². The molecule has 0 aromatic rings. The molecule has 0 saturated carbocycles. The molecule has 0 bridgehead atoms. The Bertz CT molecular complexity index is 258. The van der Waals surface area contributed by atoms with E-state index in [1.807, 2.05) is 0 Å². The van der Waals surface area contributed by atoms with E-state index >= 15 is 0 Å². The van der Waals surface area contributed by atoms with Crippen LogP contribution in [0.1, 0.15) is 26.7 Å². The van der Waals surface area contributed by atoms with E-state index in [4.69, 9.17) is 0 Å². The van der Waals surface area contributed by atoms with Crippen LogP contribution >= 0.6 is 0 Å². The smallest absolute Gasteiger partial charge is 0.324 e. The minimum absolute atomic E-state index is 0.0271. The number of carbonyl (C=O) groups is 2. The molecule has 0 aliphatic carbocycles. The summed E-state index contributed by atoms with van der Waals surface area (Å²) in [5.74, 6) is -0.482. The molecular weight excluding hydrogens is 226 g/mol. The van der Waals surface area contributed by atoms with E-state index in [-0.39, 0.29) is 12.8 Å². The lowest BCUT2D eigenvalue weighted by molar-refractivity contribution is -0.151. The average molecular weight is 244 g/mol. The maximum Gasteiger partial charge on any atom is 0.324 e. The van der Waals surface area contributed by atoms with Crippen molar-refractivity contribution >= 4 is 18.3 Å². The van der Waals surface area contributed by atoms with E-state index in [0.29, 0.717) is 13.1 Å². The number of nitrogens with one attached hydrogen (secondary N) is 3. The molecule has 2 amide bonds. The van der Waals surface area contributed by atoms with Crippen LogP contribution in [0, 0.1) is 0 Å². The molecule has 0 saturated heterocycles. The summed E-state index contributed by atoms with van der Waals surface area (Å²) < 4.78 is 0. The molecule has 0 aliphatic rings. The van der Waals surface area contributed by atoms with Gasteiger partial charge in [0.1, 0.15) is 0 Å². The van der Waals surface area contributed by atoms with Gasteiger partial charge in [-0.2, -0.15) is 5.48 Å². The van der Waals surface area contributed by atoms with Crippen molar-refractivity contribution in [3.05, 3.63) is 0 Å². The van der Waals surface area contributed by atoms with Gasteiger partial charge in [-0.3, -0.25) is 9.59 Å². The SMILES string of the molecule is CCNOC(=O)CC[C@@H]([C]=O)NC(=O)NCC. The fourth-order valence-corrected chi connectivity index (χ4v) is 0.996. The topological polar surface area (TPSA) is 96.5 Å². The maximum absolute atomic E-state index is 11.1. The van der Waals surface area contributed by atoms with Crippen molar-refractivity contribution in [1.82, 2.24) is 16.1 Å². The van der Waals surface area contributed by atoms with Crippen LogP contribution in [0.3, 0.4) is 0 Å². The molecule has 3 N–H and O–H groups in total. The van der Waals surface area contributed by atoms with Crippen LogP contribution < -0.4 is 16.1 Å². The monoisotopic (exact) mass is 244 g/mol. The number of hydroxylamine groups is 1. The molecule has 1 radical (unpaired) electrons.